The second-order valence-corrected chi connectivity index (χ2v) is 7.47. The Labute approximate surface area is 154 Å². The topological polar surface area (TPSA) is 72.9 Å². The number of ether oxygens (including phenoxy) is 2. The molecule has 3 rings (SSSR count). The van der Waals surface area contributed by atoms with Crippen molar-refractivity contribution in [3.05, 3.63) is 35.4 Å². The van der Waals surface area contributed by atoms with E-state index in [-0.39, 0.29) is 42.3 Å². The van der Waals surface area contributed by atoms with Crippen molar-refractivity contribution in [2.75, 3.05) is 6.61 Å². The normalized spacial score (nSPS) is 31.8. The quantitative estimate of drug-likeness (QED) is 0.435. The van der Waals surface area contributed by atoms with E-state index in [0.717, 1.165) is 0 Å². The standard InChI is InChI=1S/C18H20BrNO5/c1-9-10(2)15(16(19)25-14(9)8-24-11(3)21)20-17(22)12-6-4-5-7-13(12)18(20)23/h4-7,9-10,14-16H,8H2,1-3H3/t9-,10-,14?,15?,16-/m0/s1. The number of benzene rings is 1. The highest BCUT2D eigenvalue weighted by atomic mass is 79.9. The molecule has 0 aromatic heterocycles. The van der Waals surface area contributed by atoms with Gasteiger partial charge in [0.05, 0.1) is 23.3 Å². The van der Waals surface area contributed by atoms with Crippen molar-refractivity contribution in [3.63, 3.8) is 0 Å². The Morgan fingerprint density at radius 1 is 1.16 bits per heavy atom. The number of hydrogen-bond acceptors (Lipinski definition) is 5. The number of nitrogens with zero attached hydrogens (tertiary/aromatic N) is 1. The van der Waals surface area contributed by atoms with Crippen molar-refractivity contribution < 1.29 is 23.9 Å². The van der Waals surface area contributed by atoms with Crippen molar-refractivity contribution in [3.8, 4) is 0 Å². The molecule has 2 unspecified atom stereocenters. The number of fused-ring (bicyclic) bond motifs is 1. The van der Waals surface area contributed by atoms with Crippen LogP contribution in [0.5, 0.6) is 0 Å². The highest BCUT2D eigenvalue weighted by Crippen LogP contribution is 2.39. The third-order valence-corrected chi connectivity index (χ3v) is 5.86. The number of hydrogen-bond donors (Lipinski definition) is 0. The van der Waals surface area contributed by atoms with E-state index in [1.54, 1.807) is 24.3 Å². The van der Waals surface area contributed by atoms with E-state index < -0.39 is 11.1 Å². The molecule has 7 heteroatoms. The van der Waals surface area contributed by atoms with E-state index in [1.807, 2.05) is 13.8 Å². The summed E-state index contributed by atoms with van der Waals surface area (Å²) in [5, 5.41) is -0.526. The van der Waals surface area contributed by atoms with E-state index in [1.165, 1.54) is 11.8 Å². The molecule has 1 saturated heterocycles. The minimum atomic E-state index is -0.526. The molecule has 2 heterocycles. The number of imide groups is 1. The lowest BCUT2D eigenvalue weighted by molar-refractivity contribution is -0.155. The maximum absolute atomic E-state index is 12.8. The van der Waals surface area contributed by atoms with Crippen LogP contribution < -0.4 is 0 Å². The summed E-state index contributed by atoms with van der Waals surface area (Å²) < 4.78 is 11.0. The van der Waals surface area contributed by atoms with Crippen LogP contribution in [0.3, 0.4) is 0 Å². The summed E-state index contributed by atoms with van der Waals surface area (Å²) in [4.78, 5) is 37.9. The minimum Gasteiger partial charge on any atom is -0.463 e. The first-order valence-corrected chi connectivity index (χ1v) is 9.14. The van der Waals surface area contributed by atoms with Gasteiger partial charge in [-0.1, -0.05) is 41.9 Å². The summed E-state index contributed by atoms with van der Waals surface area (Å²) in [6.45, 7) is 5.46. The number of esters is 1. The maximum atomic E-state index is 12.8. The zero-order valence-electron chi connectivity index (χ0n) is 14.3. The van der Waals surface area contributed by atoms with E-state index in [9.17, 15) is 14.4 Å². The van der Waals surface area contributed by atoms with Crippen LogP contribution in [0.4, 0.5) is 0 Å². The lowest BCUT2D eigenvalue weighted by atomic mass is 9.82. The van der Waals surface area contributed by atoms with Crippen LogP contribution in [0.1, 0.15) is 41.5 Å². The largest absolute Gasteiger partial charge is 0.463 e. The van der Waals surface area contributed by atoms with Crippen LogP contribution >= 0.6 is 15.9 Å². The minimum absolute atomic E-state index is 0.00228. The zero-order chi connectivity index (χ0) is 18.3. The lowest BCUT2D eigenvalue weighted by Crippen LogP contribution is -2.57. The van der Waals surface area contributed by atoms with Gasteiger partial charge in [0.2, 0.25) is 0 Å². The van der Waals surface area contributed by atoms with Crippen molar-refractivity contribution in [2.24, 2.45) is 11.8 Å². The first-order valence-electron chi connectivity index (χ1n) is 8.22. The summed E-state index contributed by atoms with van der Waals surface area (Å²) in [7, 11) is 0. The lowest BCUT2D eigenvalue weighted by Gasteiger charge is -2.45. The number of amides is 2. The number of carbonyl (C=O) groups excluding carboxylic acids is 3. The molecule has 0 spiro atoms. The maximum Gasteiger partial charge on any atom is 0.302 e. The van der Waals surface area contributed by atoms with Crippen LogP contribution in [0.2, 0.25) is 0 Å². The van der Waals surface area contributed by atoms with Crippen LogP contribution in [0.25, 0.3) is 0 Å². The number of carbonyl (C=O) groups is 3. The van der Waals surface area contributed by atoms with E-state index in [2.05, 4.69) is 15.9 Å². The van der Waals surface area contributed by atoms with Gasteiger partial charge in [-0.05, 0) is 24.0 Å². The summed E-state index contributed by atoms with van der Waals surface area (Å²) in [6, 6.07) is 6.39. The fraction of sp³-hybridized carbons (Fsp3) is 0.500. The molecule has 0 bridgehead atoms. The van der Waals surface area contributed by atoms with Crippen LogP contribution in [0, 0.1) is 11.8 Å². The van der Waals surface area contributed by atoms with E-state index >= 15 is 0 Å². The molecule has 2 aliphatic heterocycles. The third-order valence-electron chi connectivity index (χ3n) is 5.10. The molecule has 0 radical (unpaired) electrons. The molecular weight excluding hydrogens is 390 g/mol. The molecule has 6 nitrogen and oxygen atoms in total. The summed E-state index contributed by atoms with van der Waals surface area (Å²) in [5.74, 6) is -0.979. The third kappa shape index (κ3) is 3.11. The van der Waals surface area contributed by atoms with Crippen LogP contribution in [-0.4, -0.2) is 46.4 Å². The molecule has 134 valence electrons. The number of alkyl halides is 1. The first kappa shape index (κ1) is 18.1. The van der Waals surface area contributed by atoms with Gasteiger partial charge in [-0.2, -0.15) is 0 Å². The number of halogens is 1. The highest BCUT2D eigenvalue weighted by Gasteiger charge is 2.50. The molecule has 1 fully saturated rings. The van der Waals surface area contributed by atoms with Crippen molar-refractivity contribution in [2.45, 2.75) is 37.9 Å². The first-order chi connectivity index (χ1) is 11.8. The summed E-state index contributed by atoms with van der Waals surface area (Å²) >= 11 is 3.47. The predicted molar refractivity (Wildman–Crippen MR) is 93.3 cm³/mol. The summed E-state index contributed by atoms with van der Waals surface area (Å²) in [6.07, 6.45) is -0.297. The molecule has 0 N–H and O–H groups in total. The SMILES string of the molecule is CC(=O)OCC1O[C@H](Br)C(N2C(=O)c3ccccc3C2=O)[C@@H](C)[C@@H]1C. The van der Waals surface area contributed by atoms with Crippen molar-refractivity contribution in [1.29, 1.82) is 0 Å². The molecule has 0 saturated carbocycles. The second-order valence-electron chi connectivity index (χ2n) is 6.56. The molecular formula is C18H20BrNO5. The van der Waals surface area contributed by atoms with Gasteiger partial charge < -0.3 is 9.47 Å². The van der Waals surface area contributed by atoms with Crippen LogP contribution in [-0.2, 0) is 14.3 Å². The fourth-order valence-corrected chi connectivity index (χ4v) is 4.48. The predicted octanol–water partition coefficient (Wildman–Crippen LogP) is 2.61. The zero-order valence-corrected chi connectivity index (χ0v) is 15.9. The van der Waals surface area contributed by atoms with Crippen molar-refractivity contribution >= 4 is 33.7 Å². The number of rotatable bonds is 3. The Morgan fingerprint density at radius 3 is 2.24 bits per heavy atom. The van der Waals surface area contributed by atoms with Gasteiger partial charge in [0, 0.05) is 6.92 Å². The van der Waals surface area contributed by atoms with E-state index in [0.29, 0.717) is 11.1 Å². The Hall–Kier alpha value is -1.73. The Kier molecular flexibility index (Phi) is 4.97. The molecule has 5 atom stereocenters. The molecule has 1 aromatic carbocycles. The average Bonchev–Trinajstić information content (AvgIpc) is 2.82. The van der Waals surface area contributed by atoms with Gasteiger partial charge in [-0.3, -0.25) is 19.3 Å². The second kappa shape index (κ2) is 6.88. The molecule has 2 amide bonds. The fourth-order valence-electron chi connectivity index (χ4n) is 3.48. The van der Waals surface area contributed by atoms with Gasteiger partial charge in [-0.15, -0.1) is 0 Å². The molecule has 25 heavy (non-hydrogen) atoms. The highest BCUT2D eigenvalue weighted by molar-refractivity contribution is 9.09. The monoisotopic (exact) mass is 409 g/mol. The summed E-state index contributed by atoms with van der Waals surface area (Å²) in [5.41, 5.74) is 0.850. The molecule has 0 aliphatic carbocycles. The average molecular weight is 410 g/mol. The Morgan fingerprint density at radius 2 is 1.72 bits per heavy atom. The van der Waals surface area contributed by atoms with E-state index in [4.69, 9.17) is 9.47 Å². The van der Waals surface area contributed by atoms with Crippen LogP contribution in [0.15, 0.2) is 24.3 Å². The van der Waals surface area contributed by atoms with Crippen molar-refractivity contribution in [1.82, 2.24) is 4.90 Å². The molecule has 1 aromatic rings. The van der Waals surface area contributed by atoms with Gasteiger partial charge in [0.15, 0.2) is 0 Å². The smallest absolute Gasteiger partial charge is 0.302 e. The van der Waals surface area contributed by atoms with Gasteiger partial charge in [0.25, 0.3) is 11.8 Å². The van der Waals surface area contributed by atoms with Gasteiger partial charge >= 0.3 is 5.97 Å². The van der Waals surface area contributed by atoms with Gasteiger partial charge in [0.1, 0.15) is 11.6 Å². The Balaban J connectivity index is 1.83. The molecule has 2 aliphatic rings. The Bertz CT molecular complexity index is 686. The van der Waals surface area contributed by atoms with Gasteiger partial charge in [-0.25, -0.2) is 0 Å².